The monoisotopic (exact) mass is 463 g/mol. The van der Waals surface area contributed by atoms with Gasteiger partial charge in [-0.2, -0.15) is 4.72 Å². The molecular weight excluding hydrogens is 445 g/mol. The van der Waals surface area contributed by atoms with E-state index in [1.54, 1.807) is 30.3 Å². The summed E-state index contributed by atoms with van der Waals surface area (Å²) in [4.78, 5) is 10.4. The summed E-state index contributed by atoms with van der Waals surface area (Å²) in [6.45, 7) is 0. The molecule has 0 bridgehead atoms. The third-order valence-electron chi connectivity index (χ3n) is 4.52. The number of sulfone groups is 1. The number of benzene rings is 3. The number of carboxylic acid groups (broad SMARTS) is 1. The highest BCUT2D eigenvalue weighted by Crippen LogP contribution is 2.27. The third kappa shape index (κ3) is 5.16. The van der Waals surface area contributed by atoms with Crippen molar-refractivity contribution >= 4 is 25.8 Å². The Bertz CT molecular complexity index is 1320. The molecule has 10 heteroatoms. The van der Waals surface area contributed by atoms with E-state index in [0.717, 1.165) is 24.5 Å². The number of carbonyl (C=O) groups is 1. The highest BCUT2D eigenvalue weighted by molar-refractivity contribution is 7.90. The Morgan fingerprint density at radius 2 is 1.48 bits per heavy atom. The molecule has 7 nitrogen and oxygen atoms in total. The number of sulfonamides is 1. The summed E-state index contributed by atoms with van der Waals surface area (Å²) in [7, 11) is -7.94. The number of aromatic carboxylic acids is 1. The van der Waals surface area contributed by atoms with Crippen LogP contribution in [0.3, 0.4) is 0 Å². The zero-order valence-corrected chi connectivity index (χ0v) is 17.8. The molecule has 0 spiro atoms. The van der Waals surface area contributed by atoms with E-state index in [1.165, 1.54) is 24.3 Å². The third-order valence-corrected chi connectivity index (χ3v) is 7.08. The van der Waals surface area contributed by atoms with Crippen molar-refractivity contribution in [2.75, 3.05) is 6.26 Å². The van der Waals surface area contributed by atoms with Gasteiger partial charge in [0.25, 0.3) is 0 Å². The number of nitrogens with one attached hydrogen (secondary N) is 1. The number of hydrogen-bond donors (Lipinski definition) is 2. The van der Waals surface area contributed by atoms with Crippen molar-refractivity contribution in [2.24, 2.45) is 0 Å². The van der Waals surface area contributed by atoms with Gasteiger partial charge in [0.15, 0.2) is 9.84 Å². The number of halogens is 1. The van der Waals surface area contributed by atoms with E-state index < -0.39 is 42.6 Å². The highest BCUT2D eigenvalue weighted by atomic mass is 32.2. The Morgan fingerprint density at radius 1 is 0.903 bits per heavy atom. The first-order chi connectivity index (χ1) is 14.5. The first-order valence-electron chi connectivity index (χ1n) is 8.89. The molecule has 0 heterocycles. The molecule has 0 saturated carbocycles. The molecule has 3 aromatic carbocycles. The van der Waals surface area contributed by atoms with Crippen LogP contribution in [0.2, 0.25) is 0 Å². The first kappa shape index (κ1) is 22.6. The van der Waals surface area contributed by atoms with Gasteiger partial charge < -0.3 is 5.11 Å². The average molecular weight is 464 g/mol. The van der Waals surface area contributed by atoms with Crippen molar-refractivity contribution in [2.45, 2.75) is 15.8 Å². The van der Waals surface area contributed by atoms with Gasteiger partial charge in [0.2, 0.25) is 10.0 Å². The van der Waals surface area contributed by atoms with E-state index in [2.05, 4.69) is 4.72 Å². The Kier molecular flexibility index (Phi) is 6.25. The van der Waals surface area contributed by atoms with Crippen LogP contribution in [0, 0.1) is 5.82 Å². The van der Waals surface area contributed by atoms with Crippen molar-refractivity contribution in [3.63, 3.8) is 0 Å². The second kappa shape index (κ2) is 8.58. The van der Waals surface area contributed by atoms with E-state index in [1.807, 2.05) is 0 Å². The maximum absolute atomic E-state index is 14.3. The van der Waals surface area contributed by atoms with E-state index in [-0.39, 0.29) is 10.5 Å². The summed E-state index contributed by atoms with van der Waals surface area (Å²) in [6.07, 6.45) is 1.05. The molecule has 0 amide bonds. The standard InChI is InChI=1S/C21H18FNO6S2/c1-30(26,27)17-10-7-15(8-11-17)20(14-5-3-2-4-6-14)23-31(28,29)19-13-16(21(24)25)9-12-18(19)22/h2-13,20,23H,1H3,(H,24,25). The normalized spacial score (nSPS) is 13.0. The molecule has 1 atom stereocenters. The fourth-order valence-corrected chi connectivity index (χ4v) is 4.89. The SMILES string of the molecule is CS(=O)(=O)c1ccc(C(NS(=O)(=O)c2cc(C(=O)O)ccc2F)c2ccccc2)cc1. The molecule has 0 aliphatic carbocycles. The van der Waals surface area contributed by atoms with Crippen molar-refractivity contribution in [3.05, 3.63) is 95.3 Å². The molecule has 0 radical (unpaired) electrons. The second-order valence-corrected chi connectivity index (χ2v) is 10.5. The highest BCUT2D eigenvalue weighted by Gasteiger charge is 2.26. The molecular formula is C21H18FNO6S2. The molecule has 31 heavy (non-hydrogen) atoms. The fraction of sp³-hybridized carbons (Fsp3) is 0.0952. The Balaban J connectivity index is 2.08. The van der Waals surface area contributed by atoms with Gasteiger partial charge in [0, 0.05) is 6.26 Å². The Morgan fingerprint density at radius 3 is 2.03 bits per heavy atom. The predicted molar refractivity (Wildman–Crippen MR) is 112 cm³/mol. The summed E-state index contributed by atoms with van der Waals surface area (Å²) >= 11 is 0. The van der Waals surface area contributed by atoms with Crippen LogP contribution in [-0.2, 0) is 19.9 Å². The van der Waals surface area contributed by atoms with Crippen LogP contribution in [0.15, 0.2) is 82.6 Å². The van der Waals surface area contributed by atoms with Gasteiger partial charge in [0.05, 0.1) is 16.5 Å². The van der Waals surface area contributed by atoms with Crippen LogP contribution in [-0.4, -0.2) is 34.2 Å². The van der Waals surface area contributed by atoms with Crippen molar-refractivity contribution < 1.29 is 31.1 Å². The van der Waals surface area contributed by atoms with Crippen LogP contribution >= 0.6 is 0 Å². The lowest BCUT2D eigenvalue weighted by Gasteiger charge is -2.20. The topological polar surface area (TPSA) is 118 Å². The van der Waals surface area contributed by atoms with Crippen molar-refractivity contribution in [1.82, 2.24) is 4.72 Å². The molecule has 0 aromatic heterocycles. The minimum absolute atomic E-state index is 0.0612. The maximum Gasteiger partial charge on any atom is 0.335 e. The quantitative estimate of drug-likeness (QED) is 0.556. The van der Waals surface area contributed by atoms with Gasteiger partial charge in [-0.1, -0.05) is 42.5 Å². The zero-order chi connectivity index (χ0) is 22.8. The molecule has 0 saturated heterocycles. The van der Waals surface area contributed by atoms with Gasteiger partial charge in [0.1, 0.15) is 10.7 Å². The van der Waals surface area contributed by atoms with Gasteiger partial charge in [-0.25, -0.2) is 26.0 Å². The summed E-state index contributed by atoms with van der Waals surface area (Å²) in [5.41, 5.74) is 0.556. The summed E-state index contributed by atoms with van der Waals surface area (Å²) < 4.78 is 66.1. The molecule has 3 aromatic rings. The maximum atomic E-state index is 14.3. The minimum Gasteiger partial charge on any atom is -0.478 e. The lowest BCUT2D eigenvalue weighted by molar-refractivity contribution is 0.0696. The molecule has 162 valence electrons. The number of carboxylic acids is 1. The number of rotatable bonds is 7. The average Bonchev–Trinajstić information content (AvgIpc) is 2.72. The zero-order valence-electron chi connectivity index (χ0n) is 16.2. The molecule has 0 fully saturated rings. The second-order valence-electron chi connectivity index (χ2n) is 6.76. The molecule has 2 N–H and O–H groups in total. The van der Waals surface area contributed by atoms with Gasteiger partial charge in [-0.3, -0.25) is 0 Å². The summed E-state index contributed by atoms with van der Waals surface area (Å²) in [5.74, 6) is -2.50. The Labute approximate surface area is 179 Å². The summed E-state index contributed by atoms with van der Waals surface area (Å²) in [5, 5.41) is 9.11. The van der Waals surface area contributed by atoms with E-state index >= 15 is 0 Å². The van der Waals surface area contributed by atoms with Crippen molar-refractivity contribution in [1.29, 1.82) is 0 Å². The van der Waals surface area contributed by atoms with Crippen LogP contribution in [0.4, 0.5) is 4.39 Å². The van der Waals surface area contributed by atoms with Crippen LogP contribution in [0.5, 0.6) is 0 Å². The predicted octanol–water partition coefficient (Wildman–Crippen LogP) is 3.00. The molecule has 0 aliphatic rings. The number of hydrogen-bond acceptors (Lipinski definition) is 5. The lowest BCUT2D eigenvalue weighted by Crippen LogP contribution is -2.30. The van der Waals surface area contributed by atoms with Gasteiger partial charge >= 0.3 is 5.97 Å². The molecule has 3 rings (SSSR count). The fourth-order valence-electron chi connectivity index (χ4n) is 2.94. The van der Waals surface area contributed by atoms with Crippen LogP contribution in [0.25, 0.3) is 0 Å². The largest absolute Gasteiger partial charge is 0.478 e. The van der Waals surface area contributed by atoms with E-state index in [0.29, 0.717) is 11.1 Å². The molecule has 0 aliphatic heterocycles. The van der Waals surface area contributed by atoms with E-state index in [4.69, 9.17) is 5.11 Å². The van der Waals surface area contributed by atoms with Crippen LogP contribution in [0.1, 0.15) is 27.5 Å². The Hall–Kier alpha value is -3.08. The smallest absolute Gasteiger partial charge is 0.335 e. The van der Waals surface area contributed by atoms with Gasteiger partial charge in [-0.05, 0) is 41.5 Å². The van der Waals surface area contributed by atoms with E-state index in [9.17, 15) is 26.0 Å². The lowest BCUT2D eigenvalue weighted by atomic mass is 10.00. The van der Waals surface area contributed by atoms with Crippen molar-refractivity contribution in [3.8, 4) is 0 Å². The van der Waals surface area contributed by atoms with Gasteiger partial charge in [-0.15, -0.1) is 0 Å². The first-order valence-corrected chi connectivity index (χ1v) is 12.3. The minimum atomic E-state index is -4.49. The molecule has 1 unspecified atom stereocenters. The van der Waals surface area contributed by atoms with Crippen LogP contribution < -0.4 is 4.72 Å². The summed E-state index contributed by atoms with van der Waals surface area (Å²) in [6, 6.07) is 15.5.